The highest BCUT2D eigenvalue weighted by Gasteiger charge is 2.37. The standard InChI is InChI=1S/C13H24N4O3S/c1-4-17-11(3)12(10(2)15-17)21(18,19)16-13(9-14)5-7-20-8-6-13/h16H,4-9,14H2,1-3H3. The fourth-order valence-corrected chi connectivity index (χ4v) is 4.71. The first-order valence-corrected chi connectivity index (χ1v) is 8.69. The average molecular weight is 316 g/mol. The van der Waals surface area contributed by atoms with Crippen LogP contribution in [0, 0.1) is 13.8 Å². The minimum atomic E-state index is -3.65. The van der Waals surface area contributed by atoms with E-state index in [1.165, 1.54) is 0 Å². The van der Waals surface area contributed by atoms with E-state index in [0.717, 1.165) is 0 Å². The van der Waals surface area contributed by atoms with Crippen molar-refractivity contribution in [1.29, 1.82) is 0 Å². The van der Waals surface area contributed by atoms with Crippen LogP contribution in [0.4, 0.5) is 0 Å². The van der Waals surface area contributed by atoms with E-state index in [1.54, 1.807) is 18.5 Å². The zero-order valence-electron chi connectivity index (χ0n) is 12.8. The van der Waals surface area contributed by atoms with Crippen molar-refractivity contribution >= 4 is 10.0 Å². The minimum Gasteiger partial charge on any atom is -0.381 e. The van der Waals surface area contributed by atoms with Crippen LogP contribution in [-0.2, 0) is 21.3 Å². The Morgan fingerprint density at radius 2 is 2.00 bits per heavy atom. The van der Waals surface area contributed by atoms with Gasteiger partial charge in [0.05, 0.1) is 11.4 Å². The van der Waals surface area contributed by atoms with Crippen molar-refractivity contribution < 1.29 is 13.2 Å². The van der Waals surface area contributed by atoms with Gasteiger partial charge in [0.1, 0.15) is 4.90 Å². The number of nitrogens with two attached hydrogens (primary N) is 1. The lowest BCUT2D eigenvalue weighted by molar-refractivity contribution is 0.0502. The van der Waals surface area contributed by atoms with Crippen LogP contribution in [0.1, 0.15) is 31.2 Å². The molecule has 2 heterocycles. The van der Waals surface area contributed by atoms with E-state index in [9.17, 15) is 8.42 Å². The Balaban J connectivity index is 2.36. The van der Waals surface area contributed by atoms with Gasteiger partial charge in [0.2, 0.25) is 10.0 Å². The molecule has 1 aromatic heterocycles. The SMILES string of the molecule is CCn1nc(C)c(S(=O)(=O)NC2(CN)CCOCC2)c1C. The van der Waals surface area contributed by atoms with Gasteiger partial charge < -0.3 is 10.5 Å². The molecule has 0 saturated carbocycles. The highest BCUT2D eigenvalue weighted by Crippen LogP contribution is 2.25. The van der Waals surface area contributed by atoms with E-state index in [-0.39, 0.29) is 11.4 Å². The number of aromatic nitrogens is 2. The molecule has 1 saturated heterocycles. The predicted octanol–water partition coefficient (Wildman–Crippen LogP) is 0.306. The van der Waals surface area contributed by atoms with Crippen LogP contribution >= 0.6 is 0 Å². The third-order valence-corrected chi connectivity index (χ3v) is 5.90. The van der Waals surface area contributed by atoms with E-state index in [2.05, 4.69) is 9.82 Å². The van der Waals surface area contributed by atoms with Crippen molar-refractivity contribution in [2.75, 3.05) is 19.8 Å². The fourth-order valence-electron chi connectivity index (χ4n) is 2.82. The van der Waals surface area contributed by atoms with Gasteiger partial charge >= 0.3 is 0 Å². The Morgan fingerprint density at radius 3 is 2.48 bits per heavy atom. The molecule has 7 nitrogen and oxygen atoms in total. The third-order valence-electron chi connectivity index (χ3n) is 4.07. The summed E-state index contributed by atoms with van der Waals surface area (Å²) in [4.78, 5) is 0.267. The summed E-state index contributed by atoms with van der Waals surface area (Å²) >= 11 is 0. The summed E-state index contributed by atoms with van der Waals surface area (Å²) in [6.45, 7) is 7.36. The second-order valence-corrected chi connectivity index (χ2v) is 7.14. The second kappa shape index (κ2) is 6.04. The van der Waals surface area contributed by atoms with Crippen molar-refractivity contribution in [3.8, 4) is 0 Å². The molecule has 1 aliphatic heterocycles. The van der Waals surface area contributed by atoms with Gasteiger partial charge in [0.25, 0.3) is 0 Å². The molecule has 120 valence electrons. The average Bonchev–Trinajstić information content (AvgIpc) is 2.74. The maximum absolute atomic E-state index is 12.8. The molecule has 0 aromatic carbocycles. The quantitative estimate of drug-likeness (QED) is 0.814. The lowest BCUT2D eigenvalue weighted by atomic mass is 9.92. The van der Waals surface area contributed by atoms with E-state index in [0.29, 0.717) is 44.0 Å². The summed E-state index contributed by atoms with van der Waals surface area (Å²) in [6.07, 6.45) is 1.17. The molecule has 1 aliphatic rings. The van der Waals surface area contributed by atoms with Gasteiger partial charge in [-0.05, 0) is 33.6 Å². The smallest absolute Gasteiger partial charge is 0.244 e. The van der Waals surface area contributed by atoms with E-state index in [1.807, 2.05) is 6.92 Å². The summed E-state index contributed by atoms with van der Waals surface area (Å²) < 4.78 is 35.4. The van der Waals surface area contributed by atoms with E-state index in [4.69, 9.17) is 10.5 Å². The Morgan fingerprint density at radius 1 is 1.38 bits per heavy atom. The largest absolute Gasteiger partial charge is 0.381 e. The maximum Gasteiger partial charge on any atom is 0.244 e. The Kier molecular flexibility index (Phi) is 4.72. The molecule has 1 aromatic rings. The van der Waals surface area contributed by atoms with Crippen molar-refractivity contribution in [2.45, 2.75) is 50.6 Å². The molecule has 1 fully saturated rings. The number of ether oxygens (including phenoxy) is 1. The zero-order chi connectivity index (χ0) is 15.7. The van der Waals surface area contributed by atoms with Crippen LogP contribution < -0.4 is 10.5 Å². The van der Waals surface area contributed by atoms with E-state index < -0.39 is 15.6 Å². The number of hydrogen-bond acceptors (Lipinski definition) is 5. The molecular formula is C13H24N4O3S. The predicted molar refractivity (Wildman–Crippen MR) is 79.5 cm³/mol. The van der Waals surface area contributed by atoms with Crippen LogP contribution in [0.15, 0.2) is 4.90 Å². The Hall–Kier alpha value is -0.960. The van der Waals surface area contributed by atoms with Gasteiger partial charge in [0.15, 0.2) is 0 Å². The van der Waals surface area contributed by atoms with Crippen molar-refractivity contribution in [2.24, 2.45) is 5.73 Å². The summed E-state index contributed by atoms with van der Waals surface area (Å²) in [5.74, 6) is 0. The van der Waals surface area contributed by atoms with Gasteiger partial charge in [-0.25, -0.2) is 13.1 Å². The van der Waals surface area contributed by atoms with Crippen molar-refractivity contribution in [3.05, 3.63) is 11.4 Å². The number of aryl methyl sites for hydroxylation is 2. The number of sulfonamides is 1. The van der Waals surface area contributed by atoms with E-state index >= 15 is 0 Å². The number of hydrogen-bond donors (Lipinski definition) is 2. The second-order valence-electron chi connectivity index (χ2n) is 5.52. The monoisotopic (exact) mass is 316 g/mol. The van der Waals surface area contributed by atoms with Crippen molar-refractivity contribution in [1.82, 2.24) is 14.5 Å². The summed E-state index contributed by atoms with van der Waals surface area (Å²) in [5.41, 5.74) is 6.38. The minimum absolute atomic E-state index is 0.260. The topological polar surface area (TPSA) is 99.2 Å². The Bertz CT molecular complexity index is 603. The summed E-state index contributed by atoms with van der Waals surface area (Å²) in [6, 6.07) is 0. The van der Waals surface area contributed by atoms with Gasteiger partial charge in [0, 0.05) is 31.8 Å². The van der Waals surface area contributed by atoms with Crippen LogP contribution in [0.5, 0.6) is 0 Å². The summed E-state index contributed by atoms with van der Waals surface area (Å²) in [5, 5.41) is 4.28. The molecule has 0 unspecified atom stereocenters. The maximum atomic E-state index is 12.8. The molecular weight excluding hydrogens is 292 g/mol. The van der Waals surface area contributed by atoms with Crippen LogP contribution in [0.25, 0.3) is 0 Å². The molecule has 21 heavy (non-hydrogen) atoms. The van der Waals surface area contributed by atoms with Crippen LogP contribution in [0.2, 0.25) is 0 Å². The first kappa shape index (κ1) is 16.4. The first-order valence-electron chi connectivity index (χ1n) is 7.21. The molecule has 0 radical (unpaired) electrons. The molecule has 0 atom stereocenters. The number of rotatable bonds is 5. The molecule has 3 N–H and O–H groups in total. The lowest BCUT2D eigenvalue weighted by Crippen LogP contribution is -2.56. The molecule has 0 amide bonds. The van der Waals surface area contributed by atoms with Gasteiger partial charge in [-0.15, -0.1) is 0 Å². The molecule has 0 bridgehead atoms. The molecule has 2 rings (SSSR count). The van der Waals surface area contributed by atoms with Gasteiger partial charge in [-0.1, -0.05) is 0 Å². The first-order chi connectivity index (χ1) is 9.85. The van der Waals surface area contributed by atoms with Crippen LogP contribution in [-0.4, -0.2) is 43.5 Å². The van der Waals surface area contributed by atoms with Gasteiger partial charge in [-0.2, -0.15) is 5.10 Å². The molecule has 8 heteroatoms. The third kappa shape index (κ3) is 3.13. The van der Waals surface area contributed by atoms with Crippen molar-refractivity contribution in [3.63, 3.8) is 0 Å². The highest BCUT2D eigenvalue weighted by molar-refractivity contribution is 7.89. The highest BCUT2D eigenvalue weighted by atomic mass is 32.2. The normalized spacial score (nSPS) is 18.9. The number of nitrogens with one attached hydrogen (secondary N) is 1. The Labute approximate surface area is 125 Å². The van der Waals surface area contributed by atoms with Gasteiger partial charge in [-0.3, -0.25) is 4.68 Å². The lowest BCUT2D eigenvalue weighted by Gasteiger charge is -2.36. The molecule has 0 aliphatic carbocycles. The molecule has 0 spiro atoms. The number of nitrogens with zero attached hydrogens (tertiary/aromatic N) is 2. The zero-order valence-corrected chi connectivity index (χ0v) is 13.7. The fraction of sp³-hybridized carbons (Fsp3) is 0.769. The summed E-state index contributed by atoms with van der Waals surface area (Å²) in [7, 11) is -3.65. The van der Waals surface area contributed by atoms with Crippen LogP contribution in [0.3, 0.4) is 0 Å².